The highest BCUT2D eigenvalue weighted by Gasteiger charge is 2.15. The van der Waals surface area contributed by atoms with Gasteiger partial charge in [-0.2, -0.15) is 0 Å². The number of phenolic OH excluding ortho intramolecular Hbond substituents is 2. The predicted octanol–water partition coefficient (Wildman–Crippen LogP) is 3.88. The van der Waals surface area contributed by atoms with Gasteiger partial charge in [-0.3, -0.25) is 4.79 Å². The molecule has 0 aliphatic rings. The normalized spacial score (nSPS) is 10.2. The van der Waals surface area contributed by atoms with Gasteiger partial charge in [-0.15, -0.1) is 0 Å². The van der Waals surface area contributed by atoms with Crippen LogP contribution in [0.15, 0.2) is 45.3 Å². The van der Waals surface area contributed by atoms with Crippen LogP contribution < -0.4 is 5.32 Å². The van der Waals surface area contributed by atoms with Crippen LogP contribution in [0.1, 0.15) is 10.4 Å². The van der Waals surface area contributed by atoms with E-state index in [2.05, 4.69) is 37.2 Å². The number of hydrogen-bond donors (Lipinski definition) is 3. The van der Waals surface area contributed by atoms with Gasteiger partial charge >= 0.3 is 0 Å². The highest BCUT2D eigenvalue weighted by atomic mass is 79.9. The maximum Gasteiger partial charge on any atom is 0.259 e. The number of aromatic hydroxyl groups is 2. The summed E-state index contributed by atoms with van der Waals surface area (Å²) >= 11 is 6.62. The molecule has 0 bridgehead atoms. The quantitative estimate of drug-likeness (QED) is 0.686. The zero-order valence-electron chi connectivity index (χ0n) is 9.52. The van der Waals surface area contributed by atoms with Crippen LogP contribution in [-0.2, 0) is 0 Å². The Kier molecular flexibility index (Phi) is 4.11. The maximum absolute atomic E-state index is 12.0. The highest BCUT2D eigenvalue weighted by molar-refractivity contribution is 9.11. The Morgan fingerprint density at radius 3 is 2.58 bits per heavy atom. The molecule has 2 aromatic rings. The third kappa shape index (κ3) is 3.08. The fourth-order valence-electron chi connectivity index (χ4n) is 1.50. The van der Waals surface area contributed by atoms with Gasteiger partial charge in [0.15, 0.2) is 11.5 Å². The van der Waals surface area contributed by atoms with Gasteiger partial charge in [0.2, 0.25) is 0 Å². The van der Waals surface area contributed by atoms with Gasteiger partial charge in [0.05, 0.1) is 11.3 Å². The van der Waals surface area contributed by atoms with E-state index in [0.717, 1.165) is 4.47 Å². The first-order valence-corrected chi connectivity index (χ1v) is 6.85. The summed E-state index contributed by atoms with van der Waals surface area (Å²) in [6, 6.07) is 9.55. The average molecular weight is 387 g/mol. The second-order valence-corrected chi connectivity index (χ2v) is 5.52. The maximum atomic E-state index is 12.0. The first-order chi connectivity index (χ1) is 8.99. The van der Waals surface area contributed by atoms with Crippen LogP contribution in [0, 0.1) is 0 Å². The Hall–Kier alpha value is -1.53. The Bertz CT molecular complexity index is 644. The van der Waals surface area contributed by atoms with Crippen molar-refractivity contribution < 1.29 is 15.0 Å². The molecule has 0 spiro atoms. The summed E-state index contributed by atoms with van der Waals surface area (Å²) in [7, 11) is 0. The monoisotopic (exact) mass is 385 g/mol. The molecule has 0 radical (unpaired) electrons. The van der Waals surface area contributed by atoms with Crippen molar-refractivity contribution >= 4 is 43.5 Å². The Balaban J connectivity index is 2.31. The van der Waals surface area contributed by atoms with Gasteiger partial charge in [0, 0.05) is 8.95 Å². The highest BCUT2D eigenvalue weighted by Crippen LogP contribution is 2.30. The number of rotatable bonds is 2. The van der Waals surface area contributed by atoms with Crippen molar-refractivity contribution in [3.63, 3.8) is 0 Å². The number of amides is 1. The topological polar surface area (TPSA) is 69.6 Å². The molecule has 0 atom stereocenters. The van der Waals surface area contributed by atoms with E-state index >= 15 is 0 Å². The third-order valence-corrected chi connectivity index (χ3v) is 3.62. The fraction of sp³-hybridized carbons (Fsp3) is 0. The van der Waals surface area contributed by atoms with E-state index in [1.54, 1.807) is 12.1 Å². The van der Waals surface area contributed by atoms with Crippen LogP contribution >= 0.6 is 31.9 Å². The summed E-state index contributed by atoms with van der Waals surface area (Å²) in [5.41, 5.74) is 0.564. The molecule has 0 saturated carbocycles. The van der Waals surface area contributed by atoms with Crippen molar-refractivity contribution in [3.05, 3.63) is 50.9 Å². The van der Waals surface area contributed by atoms with E-state index in [-0.39, 0.29) is 11.3 Å². The molecule has 0 heterocycles. The fourth-order valence-corrected chi connectivity index (χ4v) is 2.20. The van der Waals surface area contributed by atoms with E-state index in [1.165, 1.54) is 18.2 Å². The van der Waals surface area contributed by atoms with Gasteiger partial charge in [0.25, 0.3) is 5.91 Å². The van der Waals surface area contributed by atoms with Crippen molar-refractivity contribution in [1.29, 1.82) is 0 Å². The second kappa shape index (κ2) is 5.63. The number of hydrogen-bond acceptors (Lipinski definition) is 3. The van der Waals surface area contributed by atoms with E-state index in [0.29, 0.717) is 10.2 Å². The van der Waals surface area contributed by atoms with E-state index in [9.17, 15) is 15.0 Å². The SMILES string of the molecule is O=C(Nc1cc(Br)ccc1Br)c1cccc(O)c1O. The minimum atomic E-state index is -0.507. The zero-order chi connectivity index (χ0) is 14.0. The lowest BCUT2D eigenvalue weighted by molar-refractivity contribution is 0.102. The van der Waals surface area contributed by atoms with Crippen LogP contribution in [0.3, 0.4) is 0 Å². The summed E-state index contributed by atoms with van der Waals surface area (Å²) in [4.78, 5) is 12.0. The number of carbonyl (C=O) groups is 1. The average Bonchev–Trinajstić information content (AvgIpc) is 2.37. The number of nitrogens with one attached hydrogen (secondary N) is 1. The summed E-state index contributed by atoms with van der Waals surface area (Å²) < 4.78 is 1.52. The number of halogens is 2. The molecule has 4 nitrogen and oxygen atoms in total. The molecule has 98 valence electrons. The number of anilines is 1. The van der Waals surface area contributed by atoms with E-state index in [4.69, 9.17) is 0 Å². The zero-order valence-corrected chi connectivity index (χ0v) is 12.7. The summed E-state index contributed by atoms with van der Waals surface area (Å²) in [5, 5.41) is 21.7. The smallest absolute Gasteiger partial charge is 0.259 e. The van der Waals surface area contributed by atoms with Gasteiger partial charge in [-0.25, -0.2) is 0 Å². The molecule has 1 amide bonds. The molecule has 0 aromatic heterocycles. The standard InChI is InChI=1S/C13H9Br2NO3/c14-7-4-5-9(15)10(6-7)16-13(19)8-2-1-3-11(17)12(8)18/h1-6,17-18H,(H,16,19). The van der Waals surface area contributed by atoms with Crippen molar-refractivity contribution in [3.8, 4) is 11.5 Å². The summed E-state index contributed by atoms with van der Waals surface area (Å²) in [6.45, 7) is 0. The van der Waals surface area contributed by atoms with Crippen molar-refractivity contribution in [2.75, 3.05) is 5.32 Å². The lowest BCUT2D eigenvalue weighted by Crippen LogP contribution is -2.12. The van der Waals surface area contributed by atoms with Crippen molar-refractivity contribution in [2.24, 2.45) is 0 Å². The van der Waals surface area contributed by atoms with Gasteiger partial charge in [-0.1, -0.05) is 22.0 Å². The molecule has 0 aliphatic heterocycles. The Morgan fingerprint density at radius 1 is 1.11 bits per heavy atom. The van der Waals surface area contributed by atoms with Crippen LogP contribution in [0.4, 0.5) is 5.69 Å². The lowest BCUT2D eigenvalue weighted by Gasteiger charge is -2.09. The Labute approximate surface area is 126 Å². The molecule has 2 aromatic carbocycles. The first-order valence-electron chi connectivity index (χ1n) is 5.26. The lowest BCUT2D eigenvalue weighted by atomic mass is 10.1. The van der Waals surface area contributed by atoms with Crippen molar-refractivity contribution in [1.82, 2.24) is 0 Å². The molecular formula is C13H9Br2NO3. The molecule has 6 heteroatoms. The van der Waals surface area contributed by atoms with Crippen LogP contribution in [0.2, 0.25) is 0 Å². The third-order valence-electron chi connectivity index (χ3n) is 2.44. The number of carbonyl (C=O) groups excluding carboxylic acids is 1. The first kappa shape index (κ1) is 13.9. The van der Waals surface area contributed by atoms with E-state index < -0.39 is 11.7 Å². The number of phenols is 2. The number of benzene rings is 2. The number of para-hydroxylation sites is 1. The molecule has 2 rings (SSSR count). The Morgan fingerprint density at radius 2 is 1.84 bits per heavy atom. The molecule has 0 unspecified atom stereocenters. The predicted molar refractivity (Wildman–Crippen MR) is 79.6 cm³/mol. The molecule has 3 N–H and O–H groups in total. The molecule has 0 fully saturated rings. The second-order valence-electron chi connectivity index (χ2n) is 3.75. The van der Waals surface area contributed by atoms with Crippen LogP contribution in [-0.4, -0.2) is 16.1 Å². The molecule has 0 saturated heterocycles. The van der Waals surface area contributed by atoms with Gasteiger partial charge < -0.3 is 15.5 Å². The minimum Gasteiger partial charge on any atom is -0.504 e. The molecule has 0 aliphatic carbocycles. The molecular weight excluding hydrogens is 378 g/mol. The largest absolute Gasteiger partial charge is 0.504 e. The van der Waals surface area contributed by atoms with E-state index in [1.807, 2.05) is 6.07 Å². The van der Waals surface area contributed by atoms with Gasteiger partial charge in [0.1, 0.15) is 0 Å². The van der Waals surface area contributed by atoms with Crippen molar-refractivity contribution in [2.45, 2.75) is 0 Å². The molecule has 19 heavy (non-hydrogen) atoms. The van der Waals surface area contributed by atoms with Crippen LogP contribution in [0.5, 0.6) is 11.5 Å². The van der Waals surface area contributed by atoms with Gasteiger partial charge in [-0.05, 0) is 46.3 Å². The minimum absolute atomic E-state index is 0.00637. The summed E-state index contributed by atoms with van der Waals surface area (Å²) in [6.07, 6.45) is 0. The van der Waals surface area contributed by atoms with Crippen LogP contribution in [0.25, 0.3) is 0 Å². The summed E-state index contributed by atoms with van der Waals surface area (Å²) in [5.74, 6) is -1.28.